The molecule has 1 aliphatic heterocycles. The molecule has 3 heteroatoms. The van der Waals surface area contributed by atoms with Gasteiger partial charge in [-0.25, -0.2) is 0 Å². The van der Waals surface area contributed by atoms with Crippen molar-refractivity contribution >= 4 is 23.4 Å². The average Bonchev–Trinajstić information content (AvgIpc) is 2.40. The van der Waals surface area contributed by atoms with Gasteiger partial charge in [0.05, 0.1) is 0 Å². The third kappa shape index (κ3) is 3.43. The molecule has 0 aromatic heterocycles. The van der Waals surface area contributed by atoms with Crippen LogP contribution in [0.5, 0.6) is 0 Å². The maximum absolute atomic E-state index is 6.26. The number of halogens is 1. The molecule has 0 aliphatic carbocycles. The van der Waals surface area contributed by atoms with Crippen LogP contribution in [0.25, 0.3) is 0 Å². The number of thioether (sulfide) groups is 1. The number of hydrogen-bond acceptors (Lipinski definition) is 2. The third-order valence-corrected chi connectivity index (χ3v) is 5.43. The van der Waals surface area contributed by atoms with E-state index in [1.807, 2.05) is 0 Å². The molecule has 1 fully saturated rings. The fourth-order valence-electron chi connectivity index (χ4n) is 2.51. The van der Waals surface area contributed by atoms with Crippen LogP contribution in [-0.4, -0.2) is 17.5 Å². The van der Waals surface area contributed by atoms with E-state index in [9.17, 15) is 0 Å². The maximum Gasteiger partial charge on any atom is 0.0441 e. The Hall–Kier alpha value is -0.180. The molecule has 18 heavy (non-hydrogen) atoms. The van der Waals surface area contributed by atoms with Gasteiger partial charge in [-0.05, 0) is 49.3 Å². The first kappa shape index (κ1) is 14.2. The van der Waals surface area contributed by atoms with Crippen LogP contribution in [0.15, 0.2) is 18.2 Å². The van der Waals surface area contributed by atoms with Crippen LogP contribution in [0.3, 0.4) is 0 Å². The summed E-state index contributed by atoms with van der Waals surface area (Å²) >= 11 is 8.37. The molecule has 0 spiro atoms. The van der Waals surface area contributed by atoms with Crippen LogP contribution in [0.1, 0.15) is 43.4 Å². The second kappa shape index (κ2) is 6.83. The van der Waals surface area contributed by atoms with Gasteiger partial charge in [0.15, 0.2) is 0 Å². The van der Waals surface area contributed by atoms with Crippen molar-refractivity contribution in [2.24, 2.45) is 0 Å². The van der Waals surface area contributed by atoms with Crippen molar-refractivity contribution < 1.29 is 0 Å². The summed E-state index contributed by atoms with van der Waals surface area (Å²) < 4.78 is 0. The minimum absolute atomic E-state index is 0.443. The van der Waals surface area contributed by atoms with Crippen molar-refractivity contribution in [3.8, 4) is 0 Å². The van der Waals surface area contributed by atoms with E-state index in [2.05, 4.69) is 49.1 Å². The molecule has 1 heterocycles. The molecule has 0 amide bonds. The second-order valence-corrected chi connectivity index (χ2v) is 6.70. The van der Waals surface area contributed by atoms with Gasteiger partial charge in [0, 0.05) is 16.3 Å². The van der Waals surface area contributed by atoms with Gasteiger partial charge in [-0.1, -0.05) is 37.1 Å². The zero-order valence-corrected chi connectivity index (χ0v) is 12.8. The molecule has 1 aromatic rings. The number of hydrogen-bond donors (Lipinski definition) is 1. The van der Waals surface area contributed by atoms with Gasteiger partial charge in [0.2, 0.25) is 0 Å². The van der Waals surface area contributed by atoms with E-state index in [1.165, 1.54) is 30.6 Å². The van der Waals surface area contributed by atoms with Gasteiger partial charge in [-0.2, -0.15) is 11.8 Å². The van der Waals surface area contributed by atoms with Crippen LogP contribution < -0.4 is 5.32 Å². The Morgan fingerprint density at radius 1 is 1.44 bits per heavy atom. The highest BCUT2D eigenvalue weighted by Gasteiger charge is 2.25. The van der Waals surface area contributed by atoms with E-state index in [1.54, 1.807) is 0 Å². The molecule has 100 valence electrons. The van der Waals surface area contributed by atoms with Gasteiger partial charge in [0.25, 0.3) is 0 Å². The highest BCUT2D eigenvalue weighted by atomic mass is 35.5. The van der Waals surface area contributed by atoms with Crippen molar-refractivity contribution in [3.63, 3.8) is 0 Å². The third-order valence-electron chi connectivity index (χ3n) is 3.57. The molecule has 0 bridgehead atoms. The predicted molar refractivity (Wildman–Crippen MR) is 82.7 cm³/mol. The first-order valence-corrected chi connectivity index (χ1v) is 8.26. The van der Waals surface area contributed by atoms with E-state index < -0.39 is 0 Å². The lowest BCUT2D eigenvalue weighted by Gasteiger charge is -2.31. The zero-order chi connectivity index (χ0) is 13.0. The Morgan fingerprint density at radius 2 is 2.28 bits per heavy atom. The molecule has 2 rings (SSSR count). The molecular weight excluding hydrogens is 262 g/mol. The van der Waals surface area contributed by atoms with Crippen molar-refractivity contribution in [1.29, 1.82) is 0 Å². The number of benzene rings is 1. The topological polar surface area (TPSA) is 12.0 Å². The summed E-state index contributed by atoms with van der Waals surface area (Å²) in [6, 6.07) is 6.94. The number of nitrogens with one attached hydrogen (secondary N) is 1. The molecule has 1 saturated heterocycles. The number of rotatable bonds is 4. The van der Waals surface area contributed by atoms with E-state index in [-0.39, 0.29) is 0 Å². The summed E-state index contributed by atoms with van der Waals surface area (Å²) in [6.07, 6.45) is 4.04. The van der Waals surface area contributed by atoms with E-state index in [0.29, 0.717) is 11.3 Å². The lowest BCUT2D eigenvalue weighted by Crippen LogP contribution is -2.31. The van der Waals surface area contributed by atoms with E-state index in [4.69, 9.17) is 11.6 Å². The Morgan fingerprint density at radius 3 is 2.89 bits per heavy atom. The Kier molecular flexibility index (Phi) is 5.40. The van der Waals surface area contributed by atoms with Gasteiger partial charge in [0.1, 0.15) is 0 Å². The summed E-state index contributed by atoms with van der Waals surface area (Å²) in [5.74, 6) is 1.30. The number of aryl methyl sites for hydroxylation is 1. The molecular formula is C15H22ClNS. The monoisotopic (exact) mass is 283 g/mol. The first-order chi connectivity index (χ1) is 8.72. The Bertz CT molecular complexity index is 388. The van der Waals surface area contributed by atoms with Crippen LogP contribution >= 0.6 is 23.4 Å². The molecule has 2 unspecified atom stereocenters. The van der Waals surface area contributed by atoms with Crippen molar-refractivity contribution in [2.75, 3.05) is 12.3 Å². The summed E-state index contributed by atoms with van der Waals surface area (Å²) in [4.78, 5) is 0. The highest BCUT2D eigenvalue weighted by molar-refractivity contribution is 8.00. The van der Waals surface area contributed by atoms with Gasteiger partial charge in [-0.3, -0.25) is 0 Å². The van der Waals surface area contributed by atoms with Crippen LogP contribution in [-0.2, 0) is 0 Å². The fourth-order valence-corrected chi connectivity index (χ4v) is 4.16. The summed E-state index contributed by atoms with van der Waals surface area (Å²) in [5, 5.41) is 5.21. The standard InChI is InChI=1S/C15H22ClNS/c1-3-17-15(14-6-4-5-9-18-14)12-8-7-11(2)13(16)10-12/h7-8,10,14-15,17H,3-6,9H2,1-2H3. The SMILES string of the molecule is CCNC(c1ccc(C)c(Cl)c1)C1CCCCS1. The normalized spacial score (nSPS) is 21.8. The molecule has 1 N–H and O–H groups in total. The van der Waals surface area contributed by atoms with Crippen LogP contribution in [0.4, 0.5) is 0 Å². The van der Waals surface area contributed by atoms with E-state index in [0.717, 1.165) is 17.1 Å². The molecule has 2 atom stereocenters. The zero-order valence-electron chi connectivity index (χ0n) is 11.2. The Balaban J connectivity index is 2.19. The van der Waals surface area contributed by atoms with Gasteiger partial charge in [-0.15, -0.1) is 0 Å². The van der Waals surface area contributed by atoms with Crippen molar-refractivity contribution in [1.82, 2.24) is 5.32 Å². The summed E-state index contributed by atoms with van der Waals surface area (Å²) in [5.41, 5.74) is 2.50. The van der Waals surface area contributed by atoms with Crippen molar-refractivity contribution in [3.05, 3.63) is 34.3 Å². The minimum Gasteiger partial charge on any atom is -0.309 e. The highest BCUT2D eigenvalue weighted by Crippen LogP contribution is 2.35. The van der Waals surface area contributed by atoms with Crippen molar-refractivity contribution in [2.45, 2.75) is 44.4 Å². The van der Waals surface area contributed by atoms with Crippen LogP contribution in [0.2, 0.25) is 5.02 Å². The molecule has 1 nitrogen and oxygen atoms in total. The quantitative estimate of drug-likeness (QED) is 0.868. The lowest BCUT2D eigenvalue weighted by atomic mass is 9.98. The summed E-state index contributed by atoms with van der Waals surface area (Å²) in [6.45, 7) is 5.24. The van der Waals surface area contributed by atoms with Gasteiger partial charge >= 0.3 is 0 Å². The largest absolute Gasteiger partial charge is 0.309 e. The average molecular weight is 284 g/mol. The molecule has 1 aliphatic rings. The first-order valence-electron chi connectivity index (χ1n) is 6.83. The second-order valence-electron chi connectivity index (χ2n) is 4.95. The lowest BCUT2D eigenvalue weighted by molar-refractivity contribution is 0.491. The minimum atomic E-state index is 0.443. The van der Waals surface area contributed by atoms with Crippen LogP contribution in [0, 0.1) is 6.92 Å². The van der Waals surface area contributed by atoms with Gasteiger partial charge < -0.3 is 5.32 Å². The fraction of sp³-hybridized carbons (Fsp3) is 0.600. The predicted octanol–water partition coefficient (Wildman–Crippen LogP) is 4.58. The Labute approximate surface area is 120 Å². The molecule has 0 saturated carbocycles. The van der Waals surface area contributed by atoms with E-state index >= 15 is 0 Å². The summed E-state index contributed by atoms with van der Waals surface area (Å²) in [7, 11) is 0. The molecule has 1 aromatic carbocycles. The smallest absolute Gasteiger partial charge is 0.0441 e. The maximum atomic E-state index is 6.26. The molecule has 0 radical (unpaired) electrons.